The fraction of sp³-hybridized carbons (Fsp3) is 0.241. The molecule has 0 spiro atoms. The van der Waals surface area contributed by atoms with Gasteiger partial charge in [-0.1, -0.05) is 32.9 Å². The summed E-state index contributed by atoms with van der Waals surface area (Å²) in [7, 11) is 0. The monoisotopic (exact) mass is 516 g/mol. The largest absolute Gasteiger partial charge is 0.457 e. The molecule has 2 aromatic heterocycles. The minimum atomic E-state index is -0.752. The van der Waals surface area contributed by atoms with E-state index in [9.17, 15) is 18.4 Å². The maximum absolute atomic E-state index is 14.6. The number of pyridine rings is 1. The number of carbonyl (C=O) groups excluding carboxylic acids is 2. The summed E-state index contributed by atoms with van der Waals surface area (Å²) in [5.41, 5.74) is 2.49. The first-order chi connectivity index (χ1) is 18.1. The number of hydrogen-bond acceptors (Lipinski definition) is 5. The molecule has 3 heterocycles. The van der Waals surface area contributed by atoms with E-state index in [2.05, 4.69) is 15.4 Å². The van der Waals surface area contributed by atoms with E-state index in [1.54, 1.807) is 42.6 Å². The Hall–Kier alpha value is -4.40. The fourth-order valence-electron chi connectivity index (χ4n) is 4.25. The summed E-state index contributed by atoms with van der Waals surface area (Å²) >= 11 is 0. The van der Waals surface area contributed by atoms with Crippen molar-refractivity contribution in [2.24, 2.45) is 0 Å². The van der Waals surface area contributed by atoms with Gasteiger partial charge in [-0.15, -0.1) is 0 Å². The van der Waals surface area contributed by atoms with Gasteiger partial charge in [0.15, 0.2) is 5.82 Å². The van der Waals surface area contributed by atoms with Crippen LogP contribution in [0.2, 0.25) is 0 Å². The highest BCUT2D eigenvalue weighted by Crippen LogP contribution is 2.33. The van der Waals surface area contributed by atoms with E-state index in [-0.39, 0.29) is 42.1 Å². The smallest absolute Gasteiger partial charge is 0.230 e. The number of ether oxygens (including phenoxy) is 1. The van der Waals surface area contributed by atoms with Gasteiger partial charge in [0.2, 0.25) is 5.91 Å². The van der Waals surface area contributed by atoms with Gasteiger partial charge in [-0.3, -0.25) is 9.59 Å². The van der Waals surface area contributed by atoms with Crippen LogP contribution in [0.15, 0.2) is 60.8 Å². The third-order valence-electron chi connectivity index (χ3n) is 6.23. The number of benzene rings is 2. The van der Waals surface area contributed by atoms with Crippen LogP contribution in [0.5, 0.6) is 11.5 Å². The molecule has 9 heteroatoms. The predicted octanol–water partition coefficient (Wildman–Crippen LogP) is 5.48. The Morgan fingerprint density at radius 1 is 1.05 bits per heavy atom. The van der Waals surface area contributed by atoms with Crippen LogP contribution in [0.1, 0.15) is 43.3 Å². The van der Waals surface area contributed by atoms with Crippen molar-refractivity contribution in [2.75, 3.05) is 5.32 Å². The van der Waals surface area contributed by atoms with Crippen molar-refractivity contribution < 1.29 is 23.1 Å². The maximum atomic E-state index is 14.6. The third-order valence-corrected chi connectivity index (χ3v) is 6.23. The van der Waals surface area contributed by atoms with Gasteiger partial charge in [0.05, 0.1) is 17.8 Å². The van der Waals surface area contributed by atoms with Crippen LogP contribution in [-0.4, -0.2) is 26.5 Å². The first-order valence-electron chi connectivity index (χ1n) is 12.2. The van der Waals surface area contributed by atoms with E-state index in [4.69, 9.17) is 4.74 Å². The molecule has 0 bridgehead atoms. The number of hydrogen-bond donors (Lipinski definition) is 1. The van der Waals surface area contributed by atoms with Crippen molar-refractivity contribution in [1.82, 2.24) is 14.8 Å². The number of nitrogens with zero attached hydrogens (tertiary/aromatic N) is 3. The molecule has 0 fully saturated rings. The molecule has 7 nitrogen and oxygen atoms in total. The number of anilines is 1. The Morgan fingerprint density at radius 2 is 1.82 bits per heavy atom. The zero-order chi connectivity index (χ0) is 27.0. The molecule has 5 rings (SSSR count). The average Bonchev–Trinajstić information content (AvgIpc) is 3.44. The Kier molecular flexibility index (Phi) is 6.52. The van der Waals surface area contributed by atoms with E-state index in [1.807, 2.05) is 20.8 Å². The van der Waals surface area contributed by atoms with Crippen LogP contribution in [0, 0.1) is 11.6 Å². The Morgan fingerprint density at radius 3 is 2.53 bits per heavy atom. The predicted molar refractivity (Wildman–Crippen MR) is 138 cm³/mol. The molecule has 2 aromatic carbocycles. The van der Waals surface area contributed by atoms with E-state index < -0.39 is 11.6 Å². The molecule has 1 amide bonds. The van der Waals surface area contributed by atoms with Crippen molar-refractivity contribution in [1.29, 1.82) is 0 Å². The lowest BCUT2D eigenvalue weighted by molar-refractivity contribution is -0.118. The summed E-state index contributed by atoms with van der Waals surface area (Å²) in [6, 6.07) is 13.9. The summed E-state index contributed by atoms with van der Waals surface area (Å²) in [6.07, 6.45) is 1.97. The zero-order valence-corrected chi connectivity index (χ0v) is 21.2. The molecule has 1 aliphatic heterocycles. The van der Waals surface area contributed by atoms with Crippen molar-refractivity contribution >= 4 is 17.5 Å². The summed E-state index contributed by atoms with van der Waals surface area (Å²) < 4.78 is 35.4. The Bertz CT molecular complexity index is 1540. The normalized spacial score (nSPS) is 12.8. The quantitative estimate of drug-likeness (QED) is 0.351. The van der Waals surface area contributed by atoms with E-state index in [0.717, 1.165) is 11.6 Å². The van der Waals surface area contributed by atoms with Crippen LogP contribution < -0.4 is 10.1 Å². The number of nitrogens with one attached hydrogen (secondary N) is 1. The number of ketones is 1. The maximum Gasteiger partial charge on any atom is 0.230 e. The fourth-order valence-corrected chi connectivity index (χ4v) is 4.25. The molecular weight excluding hydrogens is 490 g/mol. The second-order valence-electron chi connectivity index (χ2n) is 10.3. The van der Waals surface area contributed by atoms with Crippen LogP contribution >= 0.6 is 0 Å². The van der Waals surface area contributed by atoms with Gasteiger partial charge >= 0.3 is 0 Å². The number of aromatic nitrogens is 3. The van der Waals surface area contributed by atoms with Crippen LogP contribution in [-0.2, 0) is 34.3 Å². The number of fused-ring (bicyclic) bond motifs is 1. The van der Waals surface area contributed by atoms with Gasteiger partial charge in [0, 0.05) is 36.1 Å². The first kappa shape index (κ1) is 25.3. The molecule has 0 radical (unpaired) electrons. The molecule has 0 unspecified atom stereocenters. The van der Waals surface area contributed by atoms with Gasteiger partial charge in [0.1, 0.15) is 34.6 Å². The molecule has 38 heavy (non-hydrogen) atoms. The highest BCUT2D eigenvalue weighted by atomic mass is 19.1. The van der Waals surface area contributed by atoms with Crippen molar-refractivity contribution in [3.05, 3.63) is 94.9 Å². The summed E-state index contributed by atoms with van der Waals surface area (Å²) in [4.78, 5) is 28.9. The molecule has 1 aliphatic rings. The third kappa shape index (κ3) is 5.32. The topological polar surface area (TPSA) is 86.1 Å². The lowest BCUT2D eigenvalue weighted by atomic mass is 9.92. The van der Waals surface area contributed by atoms with Crippen molar-refractivity contribution in [3.8, 4) is 17.2 Å². The van der Waals surface area contributed by atoms with E-state index in [1.165, 1.54) is 16.8 Å². The summed E-state index contributed by atoms with van der Waals surface area (Å²) in [5, 5.41) is 7.23. The molecule has 0 atom stereocenters. The Balaban J connectivity index is 1.31. The second-order valence-corrected chi connectivity index (χ2v) is 10.3. The molecule has 1 N–H and O–H groups in total. The molecule has 194 valence electrons. The van der Waals surface area contributed by atoms with Crippen LogP contribution in [0.25, 0.3) is 5.69 Å². The van der Waals surface area contributed by atoms with Crippen molar-refractivity contribution in [2.45, 2.75) is 45.4 Å². The average molecular weight is 517 g/mol. The Labute approximate surface area is 218 Å². The highest BCUT2D eigenvalue weighted by molar-refractivity contribution is 5.98. The van der Waals surface area contributed by atoms with Gasteiger partial charge in [-0.25, -0.2) is 18.4 Å². The lowest BCUT2D eigenvalue weighted by Gasteiger charge is -2.14. The first-order valence-corrected chi connectivity index (χ1v) is 12.2. The second kappa shape index (κ2) is 9.81. The van der Waals surface area contributed by atoms with Crippen LogP contribution in [0.3, 0.4) is 0 Å². The summed E-state index contributed by atoms with van der Waals surface area (Å²) in [6.45, 7) is 5.93. The SMILES string of the molecule is CC(C)(C)c1cc(CC(=O)Cc2ccc(Oc3ccnc4c3CC(=O)N4)cc2)n(-c2ccc(F)cc2F)n1. The van der Waals surface area contributed by atoms with Crippen LogP contribution in [0.4, 0.5) is 14.6 Å². The minimum Gasteiger partial charge on any atom is -0.457 e. The molecule has 4 aromatic rings. The zero-order valence-electron chi connectivity index (χ0n) is 21.2. The van der Waals surface area contributed by atoms with Gasteiger partial charge in [0.25, 0.3) is 0 Å². The summed E-state index contributed by atoms with van der Waals surface area (Å²) in [5.74, 6) is -0.0310. The number of Topliss-reactive ketones (excluding diaryl/α,β-unsaturated/α-hetero) is 1. The number of carbonyl (C=O) groups is 2. The molecular formula is C29H26F2N4O3. The van der Waals surface area contributed by atoms with Crippen molar-refractivity contribution in [3.63, 3.8) is 0 Å². The van der Waals surface area contributed by atoms with Gasteiger partial charge in [-0.2, -0.15) is 5.10 Å². The highest BCUT2D eigenvalue weighted by Gasteiger charge is 2.24. The van der Waals surface area contributed by atoms with Gasteiger partial charge in [-0.05, 0) is 42.0 Å². The molecule has 0 saturated carbocycles. The number of rotatable bonds is 7. The minimum absolute atomic E-state index is 0.0301. The van der Waals surface area contributed by atoms with Gasteiger partial charge < -0.3 is 10.1 Å². The number of halogens is 2. The van der Waals surface area contributed by atoms with E-state index >= 15 is 0 Å². The standard InChI is InChI=1S/C29H26F2N4O3/c1-29(2,3)26-15-19(35(34-26)24-9-6-18(30)13-23(24)31)14-20(36)12-17-4-7-21(8-5-17)38-25-10-11-32-28-22(25)16-27(37)33-28/h4-11,13,15H,12,14,16H2,1-3H3,(H,32,33,37). The van der Waals surface area contributed by atoms with E-state index in [0.29, 0.717) is 34.3 Å². The lowest BCUT2D eigenvalue weighted by Crippen LogP contribution is -2.13. The molecule has 0 saturated heterocycles. The molecule has 0 aliphatic carbocycles. The number of amides is 1.